The van der Waals surface area contributed by atoms with Gasteiger partial charge in [-0.05, 0) is 37.5 Å². The molecule has 1 aliphatic rings. The summed E-state index contributed by atoms with van der Waals surface area (Å²) in [6.07, 6.45) is 17.4. The van der Waals surface area contributed by atoms with Crippen LogP contribution in [0.4, 0.5) is 0 Å². The minimum absolute atomic E-state index is 0.154. The fraction of sp³-hybridized carbons (Fsp3) is 0.833. The SMILES string of the molecule is CCCCCCCC/C=C/[C@H]1[C@H](C)CC(=O)[C@@H]1CCCCCC(O)C(=O)OC. The fourth-order valence-electron chi connectivity index (χ4n) is 4.32. The average molecular weight is 395 g/mol. The second-order valence-electron chi connectivity index (χ2n) is 8.49. The highest BCUT2D eigenvalue weighted by Gasteiger charge is 2.37. The zero-order valence-electron chi connectivity index (χ0n) is 18.3. The lowest BCUT2D eigenvalue weighted by Crippen LogP contribution is -2.21. The van der Waals surface area contributed by atoms with E-state index >= 15 is 0 Å². The van der Waals surface area contributed by atoms with Crippen LogP contribution in [0, 0.1) is 17.8 Å². The Bertz CT molecular complexity index is 471. The maximum atomic E-state index is 12.4. The minimum atomic E-state index is -1.02. The molecule has 0 aromatic rings. The smallest absolute Gasteiger partial charge is 0.334 e. The number of ketones is 1. The Morgan fingerprint density at radius 3 is 2.54 bits per heavy atom. The minimum Gasteiger partial charge on any atom is -0.467 e. The second kappa shape index (κ2) is 14.8. The van der Waals surface area contributed by atoms with Gasteiger partial charge in [0.25, 0.3) is 0 Å². The highest BCUT2D eigenvalue weighted by Crippen LogP contribution is 2.38. The molecule has 1 saturated carbocycles. The summed E-state index contributed by atoms with van der Waals surface area (Å²) in [5.74, 6) is 0.834. The number of methoxy groups -OCH3 is 1. The van der Waals surface area contributed by atoms with Gasteiger partial charge in [-0.1, -0.05) is 77.4 Å². The molecule has 0 saturated heterocycles. The molecule has 1 aliphatic carbocycles. The molecule has 4 nitrogen and oxygen atoms in total. The van der Waals surface area contributed by atoms with Crippen LogP contribution >= 0.6 is 0 Å². The first-order valence-electron chi connectivity index (χ1n) is 11.5. The summed E-state index contributed by atoms with van der Waals surface area (Å²) in [5.41, 5.74) is 0. The zero-order chi connectivity index (χ0) is 20.8. The number of esters is 1. The fourth-order valence-corrected chi connectivity index (χ4v) is 4.32. The van der Waals surface area contributed by atoms with Gasteiger partial charge in [0.2, 0.25) is 0 Å². The van der Waals surface area contributed by atoms with E-state index in [9.17, 15) is 14.7 Å². The molecule has 0 aromatic carbocycles. The Morgan fingerprint density at radius 1 is 1.14 bits per heavy atom. The number of ether oxygens (including phenoxy) is 1. The van der Waals surface area contributed by atoms with Gasteiger partial charge in [-0.15, -0.1) is 0 Å². The maximum absolute atomic E-state index is 12.4. The molecule has 0 aliphatic heterocycles. The van der Waals surface area contributed by atoms with Crippen LogP contribution in [0.15, 0.2) is 12.2 Å². The van der Waals surface area contributed by atoms with Gasteiger partial charge in [0.05, 0.1) is 7.11 Å². The molecular formula is C24H42O4. The molecule has 28 heavy (non-hydrogen) atoms. The molecule has 0 amide bonds. The number of aliphatic hydroxyl groups is 1. The summed E-state index contributed by atoms with van der Waals surface area (Å²) >= 11 is 0. The Balaban J connectivity index is 2.27. The van der Waals surface area contributed by atoms with Crippen molar-refractivity contribution in [3.63, 3.8) is 0 Å². The Morgan fingerprint density at radius 2 is 1.82 bits per heavy atom. The van der Waals surface area contributed by atoms with Crippen molar-refractivity contribution >= 4 is 11.8 Å². The van der Waals surface area contributed by atoms with E-state index in [-0.39, 0.29) is 5.92 Å². The number of rotatable bonds is 15. The van der Waals surface area contributed by atoms with Crippen LogP contribution in [0.2, 0.25) is 0 Å². The summed E-state index contributed by atoms with van der Waals surface area (Å²) in [5, 5.41) is 9.61. The van der Waals surface area contributed by atoms with Crippen molar-refractivity contribution in [2.24, 2.45) is 17.8 Å². The summed E-state index contributed by atoms with van der Waals surface area (Å²) in [6, 6.07) is 0. The number of unbranched alkanes of at least 4 members (excludes halogenated alkanes) is 8. The van der Waals surface area contributed by atoms with Gasteiger partial charge in [-0.25, -0.2) is 4.79 Å². The van der Waals surface area contributed by atoms with Gasteiger partial charge in [-0.3, -0.25) is 4.79 Å². The third kappa shape index (κ3) is 9.36. The quantitative estimate of drug-likeness (QED) is 0.222. The number of hydrogen-bond acceptors (Lipinski definition) is 4. The van der Waals surface area contributed by atoms with Crippen LogP contribution in [-0.2, 0) is 14.3 Å². The molecule has 4 heteroatoms. The molecule has 1 rings (SSSR count). The first-order valence-corrected chi connectivity index (χ1v) is 11.5. The highest BCUT2D eigenvalue weighted by molar-refractivity contribution is 5.84. The Labute approximate surface area is 172 Å². The first kappa shape index (κ1) is 24.9. The first-order chi connectivity index (χ1) is 13.5. The van der Waals surface area contributed by atoms with Crippen molar-refractivity contribution in [2.75, 3.05) is 7.11 Å². The third-order valence-electron chi connectivity index (χ3n) is 6.11. The van der Waals surface area contributed by atoms with Crippen molar-refractivity contribution < 1.29 is 19.4 Å². The van der Waals surface area contributed by atoms with Crippen molar-refractivity contribution in [1.29, 1.82) is 0 Å². The molecule has 4 atom stereocenters. The Kier molecular flexibility index (Phi) is 13.1. The molecule has 1 N–H and O–H groups in total. The highest BCUT2D eigenvalue weighted by atomic mass is 16.5. The number of hydrogen-bond donors (Lipinski definition) is 1. The number of carbonyl (C=O) groups excluding carboxylic acids is 2. The Hall–Kier alpha value is -1.16. The molecule has 0 radical (unpaired) electrons. The molecule has 1 unspecified atom stereocenters. The summed E-state index contributed by atoms with van der Waals surface area (Å²) < 4.78 is 4.53. The van der Waals surface area contributed by atoms with Crippen LogP contribution in [-0.4, -0.2) is 30.1 Å². The lowest BCUT2D eigenvalue weighted by molar-refractivity contribution is -0.150. The molecule has 1 fully saturated rings. The van der Waals surface area contributed by atoms with E-state index in [1.807, 2.05) is 0 Å². The van der Waals surface area contributed by atoms with Gasteiger partial charge in [-0.2, -0.15) is 0 Å². The van der Waals surface area contributed by atoms with Crippen molar-refractivity contribution in [3.05, 3.63) is 12.2 Å². The molecular weight excluding hydrogens is 352 g/mol. The number of aliphatic hydroxyl groups excluding tert-OH is 1. The van der Waals surface area contributed by atoms with Gasteiger partial charge in [0.1, 0.15) is 5.78 Å². The number of carbonyl (C=O) groups is 2. The number of allylic oxidation sites excluding steroid dienone is 2. The molecule has 0 bridgehead atoms. The van der Waals surface area contributed by atoms with Gasteiger partial charge in [0, 0.05) is 12.3 Å². The van der Waals surface area contributed by atoms with E-state index in [2.05, 4.69) is 30.7 Å². The zero-order valence-corrected chi connectivity index (χ0v) is 18.3. The van der Waals surface area contributed by atoms with Crippen LogP contribution in [0.3, 0.4) is 0 Å². The topological polar surface area (TPSA) is 63.6 Å². The van der Waals surface area contributed by atoms with E-state index in [1.165, 1.54) is 45.6 Å². The summed E-state index contributed by atoms with van der Waals surface area (Å²) in [6.45, 7) is 4.44. The summed E-state index contributed by atoms with van der Waals surface area (Å²) in [7, 11) is 1.29. The summed E-state index contributed by atoms with van der Waals surface area (Å²) in [4.78, 5) is 23.6. The van der Waals surface area contributed by atoms with Crippen molar-refractivity contribution in [2.45, 2.75) is 103 Å². The average Bonchev–Trinajstić information content (AvgIpc) is 2.95. The molecule has 0 spiro atoms. The second-order valence-corrected chi connectivity index (χ2v) is 8.49. The van der Waals surface area contributed by atoms with Gasteiger partial charge < -0.3 is 9.84 Å². The van der Waals surface area contributed by atoms with Crippen LogP contribution in [0.25, 0.3) is 0 Å². The van der Waals surface area contributed by atoms with E-state index in [4.69, 9.17) is 0 Å². The van der Waals surface area contributed by atoms with Gasteiger partial charge in [0.15, 0.2) is 6.10 Å². The van der Waals surface area contributed by atoms with E-state index in [0.717, 1.165) is 32.1 Å². The normalized spacial score (nSPS) is 23.4. The van der Waals surface area contributed by atoms with Crippen molar-refractivity contribution in [1.82, 2.24) is 0 Å². The largest absolute Gasteiger partial charge is 0.467 e. The van der Waals surface area contributed by atoms with E-state index < -0.39 is 12.1 Å². The van der Waals surface area contributed by atoms with E-state index in [0.29, 0.717) is 30.5 Å². The third-order valence-corrected chi connectivity index (χ3v) is 6.11. The van der Waals surface area contributed by atoms with Crippen LogP contribution in [0.1, 0.15) is 97.3 Å². The molecule has 0 aromatic heterocycles. The monoisotopic (exact) mass is 394 g/mol. The predicted octanol–water partition coefficient (Wildman–Crippen LogP) is 5.62. The molecule has 162 valence electrons. The maximum Gasteiger partial charge on any atom is 0.334 e. The van der Waals surface area contributed by atoms with E-state index in [1.54, 1.807) is 0 Å². The molecule has 0 heterocycles. The van der Waals surface area contributed by atoms with Crippen LogP contribution in [0.5, 0.6) is 0 Å². The van der Waals surface area contributed by atoms with Gasteiger partial charge >= 0.3 is 5.97 Å². The van der Waals surface area contributed by atoms with Crippen LogP contribution < -0.4 is 0 Å². The lowest BCUT2D eigenvalue weighted by atomic mass is 9.86. The predicted molar refractivity (Wildman–Crippen MR) is 114 cm³/mol. The lowest BCUT2D eigenvalue weighted by Gasteiger charge is -2.18. The number of Topliss-reactive ketones (excluding diaryl/α,β-unsaturated/α-hetero) is 1. The van der Waals surface area contributed by atoms with Crippen molar-refractivity contribution in [3.8, 4) is 0 Å². The standard InChI is InChI=1S/C24H42O4/c1-4-5-6-7-8-9-10-12-15-20-19(2)18-23(26)21(20)16-13-11-14-17-22(25)24(27)28-3/h12,15,19-22,25H,4-11,13-14,16-18H2,1-3H3/b15-12+/t19-,20+,21-,22?/m1/s1.